The van der Waals surface area contributed by atoms with E-state index in [1.807, 2.05) is 0 Å². The third-order valence-corrected chi connectivity index (χ3v) is 8.38. The summed E-state index contributed by atoms with van der Waals surface area (Å²) in [5.74, 6) is -4.28. The van der Waals surface area contributed by atoms with Crippen LogP contribution in [0.3, 0.4) is 0 Å². The number of aromatic hydroxyl groups is 3. The van der Waals surface area contributed by atoms with Gasteiger partial charge in [0, 0.05) is 44.8 Å². The maximum absolute atomic E-state index is 13.1. The van der Waals surface area contributed by atoms with Crippen molar-refractivity contribution in [3.05, 3.63) is 52.6 Å². The molecule has 14 heteroatoms. The molecule has 2 fully saturated rings. The van der Waals surface area contributed by atoms with E-state index in [1.54, 1.807) is 0 Å². The van der Waals surface area contributed by atoms with Crippen LogP contribution in [0.25, 0.3) is 0 Å². The molecule has 0 atom stereocenters. The summed E-state index contributed by atoms with van der Waals surface area (Å²) in [5.41, 5.74) is -0.443. The number of rotatable bonds is 12. The lowest BCUT2D eigenvalue weighted by atomic mass is 10.1. The van der Waals surface area contributed by atoms with E-state index in [1.165, 1.54) is 18.2 Å². The van der Waals surface area contributed by atoms with Gasteiger partial charge in [-0.25, -0.2) is 18.0 Å². The zero-order valence-electron chi connectivity index (χ0n) is 23.2. The first-order valence-electron chi connectivity index (χ1n) is 13.6. The lowest BCUT2D eigenvalue weighted by molar-refractivity contribution is 0.0189. The molecule has 2 aliphatic heterocycles. The minimum atomic E-state index is -4.02. The van der Waals surface area contributed by atoms with Gasteiger partial charge in [0.2, 0.25) is 0 Å². The first-order chi connectivity index (χ1) is 20.1. The third-order valence-electron chi connectivity index (χ3n) is 6.86. The van der Waals surface area contributed by atoms with Gasteiger partial charge in [-0.1, -0.05) is 0 Å². The zero-order chi connectivity index (χ0) is 30.1. The molecule has 4 rings (SSSR count). The Balaban J connectivity index is 1.37. The Bertz CT molecular complexity index is 1350. The number of phenolic OH excluding ortho intramolecular Hbond substituents is 3. The highest BCUT2D eigenvalue weighted by molar-refractivity contribution is 7.89. The van der Waals surface area contributed by atoms with Crippen molar-refractivity contribution in [1.29, 1.82) is 0 Å². The minimum Gasteiger partial charge on any atom is -0.508 e. The van der Waals surface area contributed by atoms with Crippen molar-refractivity contribution in [2.45, 2.75) is 11.5 Å². The molecule has 42 heavy (non-hydrogen) atoms. The molecule has 13 nitrogen and oxygen atoms in total. The van der Waals surface area contributed by atoms with E-state index in [0.29, 0.717) is 52.6 Å². The van der Waals surface area contributed by atoms with Gasteiger partial charge in [-0.2, -0.15) is 0 Å². The number of phenols is 3. The van der Waals surface area contributed by atoms with Crippen LogP contribution >= 0.6 is 0 Å². The third kappa shape index (κ3) is 9.29. The van der Waals surface area contributed by atoms with Crippen LogP contribution in [0.15, 0.2) is 30.3 Å². The fourth-order valence-corrected chi connectivity index (χ4v) is 6.18. The summed E-state index contributed by atoms with van der Waals surface area (Å²) in [7, 11) is -4.02. The molecule has 0 aromatic heterocycles. The first-order valence-corrected chi connectivity index (χ1v) is 15.4. The Hall–Kier alpha value is -3.43. The molecule has 0 saturated carbocycles. The van der Waals surface area contributed by atoms with Crippen molar-refractivity contribution in [3.8, 4) is 17.2 Å². The van der Waals surface area contributed by atoms with Gasteiger partial charge in [-0.3, -0.25) is 9.80 Å². The molecule has 2 saturated heterocycles. The van der Waals surface area contributed by atoms with Gasteiger partial charge in [0.25, 0.3) is 0 Å². The van der Waals surface area contributed by atoms with E-state index in [4.69, 9.17) is 18.9 Å². The van der Waals surface area contributed by atoms with E-state index in [-0.39, 0.29) is 41.2 Å². The van der Waals surface area contributed by atoms with Gasteiger partial charge in [0.15, 0.2) is 9.84 Å². The second-order valence-electron chi connectivity index (χ2n) is 10.1. The predicted octanol–water partition coefficient (Wildman–Crippen LogP) is 0.896. The van der Waals surface area contributed by atoms with E-state index in [2.05, 4.69) is 9.80 Å². The minimum absolute atomic E-state index is 0.00973. The van der Waals surface area contributed by atoms with Crippen LogP contribution in [-0.4, -0.2) is 124 Å². The van der Waals surface area contributed by atoms with Crippen LogP contribution in [0, 0.1) is 0 Å². The molecule has 3 N–H and O–H groups in total. The number of esters is 2. The number of nitrogens with zero attached hydrogens (tertiary/aromatic N) is 2. The molecular formula is C28H36N2O11S. The van der Waals surface area contributed by atoms with E-state index in [9.17, 15) is 33.3 Å². The fourth-order valence-electron chi connectivity index (χ4n) is 4.71. The molecule has 2 aliphatic rings. The lowest BCUT2D eigenvalue weighted by Gasteiger charge is -2.26. The number of hydrogen-bond acceptors (Lipinski definition) is 13. The number of morpholine rings is 2. The molecule has 2 aromatic rings. The van der Waals surface area contributed by atoms with Crippen molar-refractivity contribution in [3.63, 3.8) is 0 Å². The second kappa shape index (κ2) is 14.6. The molecular weight excluding hydrogens is 572 g/mol. The molecule has 0 bridgehead atoms. The number of sulfone groups is 1. The Morgan fingerprint density at radius 3 is 1.88 bits per heavy atom. The number of hydrogen-bond donors (Lipinski definition) is 3. The number of carbonyl (C=O) groups excluding carboxylic acids is 2. The summed E-state index contributed by atoms with van der Waals surface area (Å²) in [6.07, 6.45) is 0. The first kappa shape index (κ1) is 31.5. The van der Waals surface area contributed by atoms with Gasteiger partial charge in [-0.15, -0.1) is 0 Å². The zero-order valence-corrected chi connectivity index (χ0v) is 24.0. The van der Waals surface area contributed by atoms with Crippen molar-refractivity contribution in [1.82, 2.24) is 9.80 Å². The standard InChI is InChI=1S/C28H36N2O11S/c31-23-14-20(13-21(15-23)27(34)40-11-5-29-1-7-38-8-2-29)18-42(36,37)19-22-16-24(32)17-25(26(22)33)28(35)41-12-6-30-3-9-39-10-4-30/h13-17,31-33H,1-12,18-19H2. The molecule has 230 valence electrons. The van der Waals surface area contributed by atoms with Crippen LogP contribution in [-0.2, 0) is 40.3 Å². The highest BCUT2D eigenvalue weighted by atomic mass is 32.2. The highest BCUT2D eigenvalue weighted by Crippen LogP contribution is 2.31. The van der Waals surface area contributed by atoms with Crippen LogP contribution in [0.4, 0.5) is 0 Å². The molecule has 0 spiro atoms. The van der Waals surface area contributed by atoms with Gasteiger partial charge < -0.3 is 34.3 Å². The lowest BCUT2D eigenvalue weighted by Crippen LogP contribution is -2.38. The van der Waals surface area contributed by atoms with E-state index in [0.717, 1.165) is 25.2 Å². The average Bonchev–Trinajstić information content (AvgIpc) is 2.95. The molecule has 2 aromatic carbocycles. The number of ether oxygens (including phenoxy) is 4. The Morgan fingerprint density at radius 2 is 1.29 bits per heavy atom. The Labute approximate surface area is 244 Å². The Kier molecular flexibility index (Phi) is 11.0. The summed E-state index contributed by atoms with van der Waals surface area (Å²) < 4.78 is 47.2. The van der Waals surface area contributed by atoms with Crippen molar-refractivity contribution >= 4 is 21.8 Å². The highest BCUT2D eigenvalue weighted by Gasteiger charge is 2.24. The van der Waals surface area contributed by atoms with Crippen LogP contribution in [0.1, 0.15) is 31.8 Å². The number of benzene rings is 2. The number of carbonyl (C=O) groups is 2. The molecule has 0 aliphatic carbocycles. The summed E-state index contributed by atoms with van der Waals surface area (Å²) in [6.45, 7) is 6.41. The summed E-state index contributed by atoms with van der Waals surface area (Å²) in [5, 5.41) is 31.0. The van der Waals surface area contributed by atoms with Crippen LogP contribution in [0.2, 0.25) is 0 Å². The van der Waals surface area contributed by atoms with Gasteiger partial charge in [0.05, 0.1) is 43.5 Å². The van der Waals surface area contributed by atoms with Gasteiger partial charge in [-0.05, 0) is 35.9 Å². The predicted molar refractivity (Wildman–Crippen MR) is 149 cm³/mol. The van der Waals surface area contributed by atoms with Gasteiger partial charge in [0.1, 0.15) is 36.0 Å². The summed E-state index contributed by atoms with van der Waals surface area (Å²) >= 11 is 0. The summed E-state index contributed by atoms with van der Waals surface area (Å²) in [6, 6.07) is 5.77. The molecule has 0 unspecified atom stereocenters. The van der Waals surface area contributed by atoms with E-state index >= 15 is 0 Å². The molecule has 2 heterocycles. The van der Waals surface area contributed by atoms with Gasteiger partial charge >= 0.3 is 11.9 Å². The molecule has 0 amide bonds. The van der Waals surface area contributed by atoms with Crippen LogP contribution in [0.5, 0.6) is 17.2 Å². The largest absolute Gasteiger partial charge is 0.508 e. The van der Waals surface area contributed by atoms with Crippen molar-refractivity contribution in [2.24, 2.45) is 0 Å². The SMILES string of the molecule is O=C(OCCN1CCOCC1)c1cc(O)cc(CS(=O)(=O)Cc2cc(O)cc(C(=O)OCCN3CCOCC3)c2O)c1. The summed E-state index contributed by atoms with van der Waals surface area (Å²) in [4.78, 5) is 29.3. The maximum atomic E-state index is 13.1. The maximum Gasteiger partial charge on any atom is 0.342 e. The van der Waals surface area contributed by atoms with Crippen LogP contribution < -0.4 is 0 Å². The van der Waals surface area contributed by atoms with Crippen molar-refractivity contribution in [2.75, 3.05) is 78.9 Å². The topological polar surface area (TPSA) is 172 Å². The smallest absolute Gasteiger partial charge is 0.342 e. The average molecular weight is 609 g/mol. The Morgan fingerprint density at radius 1 is 0.738 bits per heavy atom. The van der Waals surface area contributed by atoms with E-state index < -0.39 is 44.8 Å². The quantitative estimate of drug-likeness (QED) is 0.229. The van der Waals surface area contributed by atoms with Crippen molar-refractivity contribution < 1.29 is 52.3 Å². The second-order valence-corrected chi connectivity index (χ2v) is 12.2. The fraction of sp³-hybridized carbons (Fsp3) is 0.500. The monoisotopic (exact) mass is 608 g/mol. The molecule has 0 radical (unpaired) electrons. The normalized spacial score (nSPS) is 16.7.